The number of primary amides is 1. The van der Waals surface area contributed by atoms with Gasteiger partial charge in [0, 0.05) is 17.9 Å². The molecule has 1 heterocycles. The van der Waals surface area contributed by atoms with Crippen molar-refractivity contribution in [3.63, 3.8) is 0 Å². The van der Waals surface area contributed by atoms with E-state index in [9.17, 15) is 37.1 Å². The number of carboxylic acid groups (broad SMARTS) is 1. The number of ketones is 1. The van der Waals surface area contributed by atoms with Crippen LogP contribution in [0.4, 0.5) is 17.6 Å². The Morgan fingerprint density at radius 2 is 1.63 bits per heavy atom. The smallest absolute Gasteiger partial charge is 0.317 e. The number of likely N-dealkylation sites (tertiary alicyclic amines) is 1. The minimum atomic E-state index is -3.43. The summed E-state index contributed by atoms with van der Waals surface area (Å²) < 4.78 is 54.9. The van der Waals surface area contributed by atoms with Crippen LogP contribution in [0.2, 0.25) is 0 Å². The van der Waals surface area contributed by atoms with E-state index >= 15 is 0 Å². The molecular weight excluding hydrogens is 468 g/mol. The van der Waals surface area contributed by atoms with Crippen LogP contribution in [-0.2, 0) is 9.59 Å². The summed E-state index contributed by atoms with van der Waals surface area (Å²) in [6.45, 7) is 2.08. The van der Waals surface area contributed by atoms with Crippen LogP contribution in [-0.4, -0.2) is 53.2 Å². The molecule has 3 aliphatic rings. The average molecular weight is 499 g/mol. The Bertz CT molecular complexity index is 1020. The topological polar surface area (TPSA) is 101 Å². The summed E-state index contributed by atoms with van der Waals surface area (Å²) in [4.78, 5) is 38.8. The highest BCUT2D eigenvalue weighted by molar-refractivity contribution is 5.98. The largest absolute Gasteiger partial charge is 0.481 e. The predicted octanol–water partition coefficient (Wildman–Crippen LogP) is 4.02. The molecule has 3 fully saturated rings. The zero-order valence-electron chi connectivity index (χ0n) is 19.4. The first kappa shape index (κ1) is 25.6. The van der Waals surface area contributed by atoms with Gasteiger partial charge in [-0.1, -0.05) is 0 Å². The molecule has 1 aromatic rings. The number of amides is 1. The zero-order valence-corrected chi connectivity index (χ0v) is 19.4. The molecule has 2 aliphatic carbocycles. The molecule has 1 atom stereocenters. The number of carbonyl (C=O) groups excluding carboxylic acids is 2. The fourth-order valence-electron chi connectivity index (χ4n) is 6.26. The van der Waals surface area contributed by atoms with Crippen LogP contribution in [0.3, 0.4) is 0 Å². The van der Waals surface area contributed by atoms with Gasteiger partial charge in [-0.25, -0.2) is 17.6 Å². The lowest BCUT2D eigenvalue weighted by molar-refractivity contribution is -0.165. The summed E-state index contributed by atoms with van der Waals surface area (Å²) in [7, 11) is 0. The molecule has 0 spiro atoms. The molecule has 1 unspecified atom stereocenters. The lowest BCUT2D eigenvalue weighted by Crippen LogP contribution is -2.52. The number of Topliss-reactive ketones (excluding diaryl/α,β-unsaturated/α-hetero) is 1. The van der Waals surface area contributed by atoms with Crippen molar-refractivity contribution in [2.24, 2.45) is 28.4 Å². The molecule has 4 rings (SSSR count). The number of hydrogen-bond acceptors (Lipinski definition) is 4. The Hall–Kier alpha value is -2.49. The van der Waals surface area contributed by atoms with E-state index in [2.05, 4.69) is 4.90 Å². The standard InChI is InChI=1S/C25H30F4N2O4/c26-18-2-1-17(13-19(18)27)20(32)16-6-11-31(12-7-16)10-5-15-3-8-23(9-4-15,21(30)33)24(22(34)35)14-25(24,28)29/h1-2,13,15-16H,3-12,14H2,(H2,30,33)(H,34,35). The van der Waals surface area contributed by atoms with Crippen molar-refractivity contribution in [2.75, 3.05) is 19.6 Å². The van der Waals surface area contributed by atoms with Gasteiger partial charge in [0.25, 0.3) is 5.92 Å². The maximum Gasteiger partial charge on any atom is 0.317 e. The van der Waals surface area contributed by atoms with E-state index in [0.29, 0.717) is 38.8 Å². The molecule has 10 heteroatoms. The van der Waals surface area contributed by atoms with E-state index in [0.717, 1.165) is 25.1 Å². The minimum absolute atomic E-state index is 0.0414. The maximum absolute atomic E-state index is 14.2. The van der Waals surface area contributed by atoms with Crippen molar-refractivity contribution in [3.05, 3.63) is 35.4 Å². The molecule has 1 aromatic carbocycles. The Labute approximate surface area is 200 Å². The van der Waals surface area contributed by atoms with E-state index in [1.165, 1.54) is 6.07 Å². The number of piperidine rings is 1. The van der Waals surface area contributed by atoms with Crippen molar-refractivity contribution < 1.29 is 37.1 Å². The molecule has 3 N–H and O–H groups in total. The van der Waals surface area contributed by atoms with Crippen LogP contribution in [0, 0.1) is 34.3 Å². The van der Waals surface area contributed by atoms with E-state index in [4.69, 9.17) is 5.73 Å². The van der Waals surface area contributed by atoms with Crippen molar-refractivity contribution in [1.29, 1.82) is 0 Å². The number of hydrogen-bond donors (Lipinski definition) is 2. The minimum Gasteiger partial charge on any atom is -0.481 e. The summed E-state index contributed by atoms with van der Waals surface area (Å²) in [6.07, 6.45) is 2.12. The first-order chi connectivity index (χ1) is 16.4. The second-order valence-corrected chi connectivity index (χ2v) is 10.4. The van der Waals surface area contributed by atoms with Crippen molar-refractivity contribution in [2.45, 2.75) is 57.3 Å². The third-order valence-corrected chi connectivity index (χ3v) is 8.62. The second-order valence-electron chi connectivity index (χ2n) is 10.4. The molecule has 0 bridgehead atoms. The van der Waals surface area contributed by atoms with Gasteiger partial charge in [-0.05, 0) is 88.7 Å². The summed E-state index contributed by atoms with van der Waals surface area (Å²) in [5.74, 6) is -8.34. The molecule has 0 radical (unpaired) electrons. The van der Waals surface area contributed by atoms with Crippen molar-refractivity contribution in [1.82, 2.24) is 4.90 Å². The second kappa shape index (κ2) is 9.19. The van der Waals surface area contributed by atoms with Gasteiger partial charge < -0.3 is 15.7 Å². The number of nitrogens with zero attached hydrogens (tertiary/aromatic N) is 1. The number of carboxylic acids is 1. The molecule has 1 saturated heterocycles. The highest BCUT2D eigenvalue weighted by Crippen LogP contribution is 2.72. The summed E-state index contributed by atoms with van der Waals surface area (Å²) in [5.41, 5.74) is 1.56. The maximum atomic E-state index is 14.2. The van der Waals surface area contributed by atoms with Gasteiger partial charge in [0.2, 0.25) is 5.91 Å². The van der Waals surface area contributed by atoms with Crippen LogP contribution in [0.25, 0.3) is 0 Å². The van der Waals surface area contributed by atoms with Crippen LogP contribution < -0.4 is 5.73 Å². The molecule has 192 valence electrons. The number of alkyl halides is 2. The van der Waals surface area contributed by atoms with Gasteiger partial charge in [-0.3, -0.25) is 14.4 Å². The highest BCUT2D eigenvalue weighted by atomic mass is 19.3. The molecule has 2 saturated carbocycles. The molecule has 1 aliphatic heterocycles. The van der Waals surface area contributed by atoms with Gasteiger partial charge in [-0.2, -0.15) is 0 Å². The van der Waals surface area contributed by atoms with Crippen LogP contribution in [0.15, 0.2) is 18.2 Å². The van der Waals surface area contributed by atoms with Gasteiger partial charge >= 0.3 is 5.97 Å². The molecular formula is C25H30F4N2O4. The van der Waals surface area contributed by atoms with Crippen molar-refractivity contribution >= 4 is 17.7 Å². The number of nitrogens with two attached hydrogens (primary N) is 1. The Balaban J connectivity index is 1.27. The molecule has 6 nitrogen and oxygen atoms in total. The predicted molar refractivity (Wildman–Crippen MR) is 118 cm³/mol. The van der Waals surface area contributed by atoms with E-state index in [-0.39, 0.29) is 36.0 Å². The van der Waals surface area contributed by atoms with E-state index < -0.39 is 46.7 Å². The third kappa shape index (κ3) is 4.34. The number of carbonyl (C=O) groups is 3. The van der Waals surface area contributed by atoms with Gasteiger partial charge in [0.1, 0.15) is 0 Å². The molecule has 0 aromatic heterocycles. The summed E-state index contributed by atoms with van der Waals surface area (Å²) >= 11 is 0. The lowest BCUT2D eigenvalue weighted by Gasteiger charge is -2.42. The Kier molecular flexibility index (Phi) is 6.72. The fraction of sp³-hybridized carbons (Fsp3) is 0.640. The van der Waals surface area contributed by atoms with Crippen LogP contribution in [0.5, 0.6) is 0 Å². The summed E-state index contributed by atoms with van der Waals surface area (Å²) in [5, 5.41) is 9.55. The Morgan fingerprint density at radius 1 is 1.03 bits per heavy atom. The normalized spacial score (nSPS) is 31.1. The Morgan fingerprint density at radius 3 is 2.11 bits per heavy atom. The van der Waals surface area contributed by atoms with Gasteiger partial charge in [0.05, 0.1) is 5.41 Å². The van der Waals surface area contributed by atoms with Crippen LogP contribution in [0.1, 0.15) is 61.7 Å². The van der Waals surface area contributed by atoms with Crippen LogP contribution >= 0.6 is 0 Å². The monoisotopic (exact) mass is 498 g/mol. The van der Waals surface area contributed by atoms with Gasteiger partial charge in [0.15, 0.2) is 22.8 Å². The van der Waals surface area contributed by atoms with E-state index in [1.54, 1.807) is 0 Å². The SMILES string of the molecule is NC(=O)C1(C2(C(=O)O)CC2(F)F)CCC(CCN2CCC(C(=O)c3ccc(F)c(F)c3)CC2)CC1. The van der Waals surface area contributed by atoms with E-state index in [1.807, 2.05) is 0 Å². The number of rotatable bonds is 8. The zero-order chi connectivity index (χ0) is 25.6. The highest BCUT2D eigenvalue weighted by Gasteiger charge is 2.85. The number of aliphatic carboxylic acids is 1. The first-order valence-corrected chi connectivity index (χ1v) is 12.1. The first-order valence-electron chi connectivity index (χ1n) is 12.1. The fourth-order valence-corrected chi connectivity index (χ4v) is 6.26. The summed E-state index contributed by atoms with van der Waals surface area (Å²) in [6, 6.07) is 3.19. The number of halogens is 4. The number of benzene rings is 1. The average Bonchev–Trinajstić information content (AvgIpc) is 3.43. The van der Waals surface area contributed by atoms with Gasteiger partial charge in [-0.15, -0.1) is 0 Å². The lowest BCUT2D eigenvalue weighted by atomic mass is 9.60. The quantitative estimate of drug-likeness (QED) is 0.417. The molecule has 35 heavy (non-hydrogen) atoms. The molecule has 1 amide bonds. The third-order valence-electron chi connectivity index (χ3n) is 8.62. The van der Waals surface area contributed by atoms with Crippen molar-refractivity contribution in [3.8, 4) is 0 Å².